The van der Waals surface area contributed by atoms with Crippen LogP contribution >= 0.6 is 0 Å². The van der Waals surface area contributed by atoms with Crippen LogP contribution in [0.25, 0.3) is 10.8 Å². The van der Waals surface area contributed by atoms with Gasteiger partial charge in [0, 0.05) is 19.4 Å². The van der Waals surface area contributed by atoms with Crippen molar-refractivity contribution in [2.75, 3.05) is 0 Å². The molecule has 7 heteroatoms. The third kappa shape index (κ3) is 3.22. The molecule has 0 radical (unpaired) electrons. The molecule has 1 amide bonds. The normalized spacial score (nSPS) is 17.6. The van der Waals surface area contributed by atoms with E-state index >= 15 is 0 Å². The lowest BCUT2D eigenvalue weighted by Crippen LogP contribution is -2.52. The second kappa shape index (κ2) is 6.25. The molecule has 0 aliphatic carbocycles. The predicted octanol–water partition coefficient (Wildman–Crippen LogP) is -0.323. The number of aromatic nitrogens is 1. The highest BCUT2D eigenvalue weighted by atomic mass is 16.5. The molecule has 1 aliphatic rings. The minimum atomic E-state index is -1.38. The molecule has 138 valence electrons. The smallest absolute Gasteiger partial charge is 0.224 e. The fourth-order valence-corrected chi connectivity index (χ4v) is 3.36. The van der Waals surface area contributed by atoms with Gasteiger partial charge < -0.3 is 25.5 Å². The molecule has 0 saturated heterocycles. The Morgan fingerprint density at radius 1 is 1.46 bits per heavy atom. The van der Waals surface area contributed by atoms with E-state index in [9.17, 15) is 19.8 Å². The average Bonchev–Trinajstić information content (AvgIpc) is 2.96. The number of carbonyl (C=O) groups is 2. The minimum Gasteiger partial charge on any atom is -0.543 e. The van der Waals surface area contributed by atoms with E-state index in [1.54, 1.807) is 27.0 Å². The van der Waals surface area contributed by atoms with Crippen LogP contribution in [0.1, 0.15) is 37.6 Å². The number of aryl methyl sites for hydroxylation is 1. The van der Waals surface area contributed by atoms with Gasteiger partial charge in [-0.05, 0) is 24.8 Å². The standard InChI is InChI=1S/C19H22N2O5/c1-10-6-11-4-5-12-7-15(19(2,3)25)26-17(12)13(11)9-21(10)14(18(23)24)8-16(20)22/h4-6,9,14-15,25H,7-8H2,1-3H3,(H2-,20,22,23,24)/t14-,15-/m1/s1. The third-order valence-corrected chi connectivity index (χ3v) is 4.81. The fourth-order valence-electron chi connectivity index (χ4n) is 3.36. The molecule has 0 spiro atoms. The van der Waals surface area contributed by atoms with Crippen molar-refractivity contribution in [3.63, 3.8) is 0 Å². The number of aliphatic hydroxyl groups is 1. The maximum absolute atomic E-state index is 11.5. The van der Waals surface area contributed by atoms with Gasteiger partial charge in [0.15, 0.2) is 11.9 Å². The van der Waals surface area contributed by atoms with Crippen molar-refractivity contribution >= 4 is 22.6 Å². The Hall–Kier alpha value is -2.67. The summed E-state index contributed by atoms with van der Waals surface area (Å²) in [6, 6.07) is 4.52. The SMILES string of the molecule is Cc1cc2ccc3c(c2c[n+]1[C@H](CC(N)=O)C(=O)[O-])O[C@@H](C(C)(C)O)C3. The zero-order valence-electron chi connectivity index (χ0n) is 15.0. The Bertz CT molecular complexity index is 901. The fraction of sp³-hybridized carbons (Fsp3) is 0.421. The summed E-state index contributed by atoms with van der Waals surface area (Å²) >= 11 is 0. The van der Waals surface area contributed by atoms with Crippen LogP contribution in [-0.2, 0) is 16.0 Å². The van der Waals surface area contributed by atoms with Gasteiger partial charge >= 0.3 is 0 Å². The van der Waals surface area contributed by atoms with Crippen LogP contribution in [0.3, 0.4) is 0 Å². The van der Waals surface area contributed by atoms with Crippen LogP contribution in [0.2, 0.25) is 0 Å². The van der Waals surface area contributed by atoms with Crippen molar-refractivity contribution in [3.8, 4) is 5.75 Å². The number of fused-ring (bicyclic) bond motifs is 3. The van der Waals surface area contributed by atoms with Crippen LogP contribution in [0.5, 0.6) is 5.75 Å². The van der Waals surface area contributed by atoms with Gasteiger partial charge in [-0.2, -0.15) is 4.57 Å². The molecule has 7 nitrogen and oxygen atoms in total. The summed E-state index contributed by atoms with van der Waals surface area (Å²) in [6.45, 7) is 5.13. The second-order valence-corrected chi connectivity index (χ2v) is 7.35. The largest absolute Gasteiger partial charge is 0.543 e. The minimum absolute atomic E-state index is 0.360. The summed E-state index contributed by atoms with van der Waals surface area (Å²) in [7, 11) is 0. The van der Waals surface area contributed by atoms with Crippen molar-refractivity contribution < 1.29 is 29.1 Å². The predicted molar refractivity (Wildman–Crippen MR) is 91.2 cm³/mol. The zero-order chi connectivity index (χ0) is 19.2. The zero-order valence-corrected chi connectivity index (χ0v) is 15.0. The molecule has 1 aliphatic heterocycles. The van der Waals surface area contributed by atoms with Gasteiger partial charge in [0.2, 0.25) is 11.9 Å². The Morgan fingerprint density at radius 2 is 2.15 bits per heavy atom. The first-order chi connectivity index (χ1) is 12.1. The van der Waals surface area contributed by atoms with Gasteiger partial charge in [-0.3, -0.25) is 4.79 Å². The Balaban J connectivity index is 2.13. The number of rotatable bonds is 5. The molecule has 0 fully saturated rings. The number of pyridine rings is 1. The molecule has 2 atom stereocenters. The molecule has 2 heterocycles. The number of hydrogen-bond donors (Lipinski definition) is 2. The lowest BCUT2D eigenvalue weighted by Gasteiger charge is -2.24. The lowest BCUT2D eigenvalue weighted by atomic mass is 9.96. The van der Waals surface area contributed by atoms with Crippen LogP contribution in [0, 0.1) is 6.92 Å². The van der Waals surface area contributed by atoms with Gasteiger partial charge in [-0.1, -0.05) is 12.1 Å². The highest BCUT2D eigenvalue weighted by Crippen LogP contribution is 2.38. The van der Waals surface area contributed by atoms with E-state index in [1.807, 2.05) is 18.2 Å². The number of amides is 1. The Kier molecular flexibility index (Phi) is 4.36. The Morgan fingerprint density at radius 3 is 2.73 bits per heavy atom. The first-order valence-corrected chi connectivity index (χ1v) is 8.43. The summed E-state index contributed by atoms with van der Waals surface area (Å²) in [5, 5.41) is 23.4. The van der Waals surface area contributed by atoms with Crippen molar-refractivity contribution in [3.05, 3.63) is 35.7 Å². The summed E-state index contributed by atoms with van der Waals surface area (Å²) in [6.07, 6.45) is 1.47. The number of hydrogen-bond acceptors (Lipinski definition) is 5. The van der Waals surface area contributed by atoms with E-state index in [4.69, 9.17) is 10.5 Å². The molecule has 2 aromatic rings. The maximum Gasteiger partial charge on any atom is 0.224 e. The van der Waals surface area contributed by atoms with Gasteiger partial charge in [0.1, 0.15) is 17.8 Å². The van der Waals surface area contributed by atoms with Crippen molar-refractivity contribution in [2.45, 2.75) is 51.4 Å². The number of nitrogens with two attached hydrogens (primary N) is 1. The molecule has 3 N–H and O–H groups in total. The van der Waals surface area contributed by atoms with Crippen molar-refractivity contribution in [2.24, 2.45) is 5.73 Å². The molecule has 26 heavy (non-hydrogen) atoms. The number of ether oxygens (including phenoxy) is 1. The van der Waals surface area contributed by atoms with E-state index in [2.05, 4.69) is 0 Å². The number of aliphatic carboxylic acids is 1. The van der Waals surface area contributed by atoms with Crippen molar-refractivity contribution in [1.29, 1.82) is 0 Å². The molecule has 1 aromatic heterocycles. The number of primary amides is 1. The summed E-state index contributed by atoms with van der Waals surface area (Å²) < 4.78 is 7.46. The molecule has 0 saturated carbocycles. The van der Waals surface area contributed by atoms with Crippen molar-refractivity contribution in [1.82, 2.24) is 0 Å². The highest BCUT2D eigenvalue weighted by molar-refractivity contribution is 5.89. The molecule has 0 unspecified atom stereocenters. The first-order valence-electron chi connectivity index (χ1n) is 8.43. The van der Waals surface area contributed by atoms with E-state index < -0.39 is 23.5 Å². The summed E-state index contributed by atoms with van der Waals surface area (Å²) in [5.74, 6) is -1.47. The molecule has 1 aromatic carbocycles. The van der Waals surface area contributed by atoms with Gasteiger partial charge in [0.05, 0.1) is 17.4 Å². The third-order valence-electron chi connectivity index (χ3n) is 4.81. The number of nitrogens with zero attached hydrogens (tertiary/aromatic N) is 1. The van der Waals surface area contributed by atoms with Crippen LogP contribution in [0.15, 0.2) is 24.4 Å². The van der Waals surface area contributed by atoms with E-state index in [-0.39, 0.29) is 12.5 Å². The summed E-state index contributed by atoms with van der Waals surface area (Å²) in [4.78, 5) is 22.8. The van der Waals surface area contributed by atoms with E-state index in [0.717, 1.165) is 16.3 Å². The van der Waals surface area contributed by atoms with Gasteiger partial charge in [0.25, 0.3) is 0 Å². The lowest BCUT2D eigenvalue weighted by molar-refractivity contribution is -0.719. The average molecular weight is 358 g/mol. The maximum atomic E-state index is 11.5. The van der Waals surface area contributed by atoms with E-state index in [0.29, 0.717) is 17.9 Å². The van der Waals surface area contributed by atoms with Crippen LogP contribution in [-0.4, -0.2) is 28.7 Å². The first kappa shape index (κ1) is 18.1. The number of benzene rings is 1. The molecule has 0 bridgehead atoms. The van der Waals surface area contributed by atoms with Gasteiger partial charge in [-0.15, -0.1) is 0 Å². The quantitative estimate of drug-likeness (QED) is 0.710. The Labute approximate surface area is 151 Å². The molecular weight excluding hydrogens is 336 g/mol. The topological polar surface area (TPSA) is 117 Å². The highest BCUT2D eigenvalue weighted by Gasteiger charge is 2.36. The monoisotopic (exact) mass is 358 g/mol. The number of carboxylic acid groups (broad SMARTS) is 1. The van der Waals surface area contributed by atoms with Crippen LogP contribution in [0.4, 0.5) is 0 Å². The summed E-state index contributed by atoms with van der Waals surface area (Å²) in [5.41, 5.74) is 5.78. The van der Waals surface area contributed by atoms with E-state index in [1.165, 1.54) is 4.57 Å². The number of carbonyl (C=O) groups excluding carboxylic acids is 2. The molecule has 3 rings (SSSR count). The van der Waals surface area contributed by atoms with Crippen LogP contribution < -0.4 is 20.1 Å². The number of carboxylic acids is 1. The molecular formula is C19H22N2O5. The second-order valence-electron chi connectivity index (χ2n) is 7.35. The van der Waals surface area contributed by atoms with Gasteiger partial charge in [-0.25, -0.2) is 0 Å².